The van der Waals surface area contributed by atoms with Crippen LogP contribution in [0.2, 0.25) is 0 Å². The van der Waals surface area contributed by atoms with Crippen molar-refractivity contribution in [2.24, 2.45) is 0 Å². The summed E-state index contributed by atoms with van der Waals surface area (Å²) < 4.78 is 7.68. The summed E-state index contributed by atoms with van der Waals surface area (Å²) >= 11 is 3.25. The van der Waals surface area contributed by atoms with Gasteiger partial charge < -0.3 is 4.42 Å². The van der Waals surface area contributed by atoms with Gasteiger partial charge in [0.1, 0.15) is 5.76 Å². The Balaban J connectivity index is 1.65. The average Bonchev–Trinajstić information content (AvgIpc) is 3.43. The molecule has 0 saturated carbocycles. The molecular formula is C21H22N4OS2. The molecule has 0 N–H and O–H groups in total. The summed E-state index contributed by atoms with van der Waals surface area (Å²) in [5.74, 6) is 2.49. The lowest BCUT2D eigenvalue weighted by atomic mass is 9.87. The zero-order chi connectivity index (χ0) is 19.6. The third kappa shape index (κ3) is 4.20. The maximum Gasteiger partial charge on any atom is 0.192 e. The Bertz CT molecular complexity index is 1010. The molecule has 0 unspecified atom stereocenters. The summed E-state index contributed by atoms with van der Waals surface area (Å²) in [7, 11) is 0. The van der Waals surface area contributed by atoms with Gasteiger partial charge in [0.2, 0.25) is 0 Å². The van der Waals surface area contributed by atoms with Gasteiger partial charge >= 0.3 is 0 Å². The monoisotopic (exact) mass is 410 g/mol. The van der Waals surface area contributed by atoms with Crippen LogP contribution in [0, 0.1) is 0 Å². The fourth-order valence-electron chi connectivity index (χ4n) is 2.88. The number of thioether (sulfide) groups is 1. The summed E-state index contributed by atoms with van der Waals surface area (Å²) in [6.07, 6.45) is 1.69. The SMILES string of the molecule is CC(C)(C)c1ccc(-c2nnc(SCc3cscn3)n2Cc2ccco2)cc1. The van der Waals surface area contributed by atoms with E-state index in [1.165, 1.54) is 5.56 Å². The zero-order valence-corrected chi connectivity index (χ0v) is 17.8. The lowest BCUT2D eigenvalue weighted by molar-refractivity contribution is 0.485. The molecule has 144 valence electrons. The summed E-state index contributed by atoms with van der Waals surface area (Å²) in [5.41, 5.74) is 5.37. The van der Waals surface area contributed by atoms with Crippen molar-refractivity contribution in [3.8, 4) is 11.4 Å². The molecule has 7 heteroatoms. The second kappa shape index (κ2) is 7.93. The van der Waals surface area contributed by atoms with Crippen LogP contribution < -0.4 is 0 Å². The first-order chi connectivity index (χ1) is 13.5. The minimum absolute atomic E-state index is 0.120. The largest absolute Gasteiger partial charge is 0.467 e. The van der Waals surface area contributed by atoms with Crippen LogP contribution in [-0.4, -0.2) is 19.7 Å². The number of thiazole rings is 1. The molecule has 0 spiro atoms. The average molecular weight is 411 g/mol. The van der Waals surface area contributed by atoms with Crippen molar-refractivity contribution >= 4 is 23.1 Å². The molecule has 0 atom stereocenters. The van der Waals surface area contributed by atoms with E-state index in [4.69, 9.17) is 4.42 Å². The molecular weight excluding hydrogens is 388 g/mol. The number of furan rings is 1. The van der Waals surface area contributed by atoms with Crippen molar-refractivity contribution in [2.45, 2.75) is 43.6 Å². The topological polar surface area (TPSA) is 56.7 Å². The van der Waals surface area contributed by atoms with E-state index in [9.17, 15) is 0 Å². The highest BCUT2D eigenvalue weighted by Gasteiger charge is 2.18. The quantitative estimate of drug-likeness (QED) is 0.385. The molecule has 3 heterocycles. The van der Waals surface area contributed by atoms with Gasteiger partial charge in [-0.1, -0.05) is 56.8 Å². The van der Waals surface area contributed by atoms with Crippen LogP contribution in [0.4, 0.5) is 0 Å². The minimum Gasteiger partial charge on any atom is -0.467 e. The van der Waals surface area contributed by atoms with Crippen LogP contribution in [0.5, 0.6) is 0 Å². The van der Waals surface area contributed by atoms with E-state index >= 15 is 0 Å². The fourth-order valence-corrected chi connectivity index (χ4v) is 4.38. The Hall–Kier alpha value is -2.38. The number of aromatic nitrogens is 4. The third-order valence-electron chi connectivity index (χ3n) is 4.45. The minimum atomic E-state index is 0.120. The van der Waals surface area contributed by atoms with Gasteiger partial charge in [0.05, 0.1) is 24.0 Å². The molecule has 3 aromatic heterocycles. The van der Waals surface area contributed by atoms with Gasteiger partial charge in [0.15, 0.2) is 11.0 Å². The van der Waals surface area contributed by atoms with Gasteiger partial charge in [-0.25, -0.2) is 4.98 Å². The van der Waals surface area contributed by atoms with Crippen LogP contribution in [0.3, 0.4) is 0 Å². The smallest absolute Gasteiger partial charge is 0.192 e. The molecule has 4 aromatic rings. The standard InChI is InChI=1S/C21H22N4OS2/c1-21(2,3)16-8-6-15(7-9-16)19-23-24-20(28-13-17-12-27-14-22-17)25(19)11-18-5-4-10-26-18/h4-10,12,14H,11,13H2,1-3H3. The molecule has 1 aromatic carbocycles. The van der Waals surface area contributed by atoms with Crippen LogP contribution in [-0.2, 0) is 17.7 Å². The number of hydrogen-bond acceptors (Lipinski definition) is 6. The lowest BCUT2D eigenvalue weighted by Gasteiger charge is -2.19. The molecule has 5 nitrogen and oxygen atoms in total. The van der Waals surface area contributed by atoms with Gasteiger partial charge in [-0.3, -0.25) is 4.57 Å². The Morgan fingerprint density at radius 3 is 2.57 bits per heavy atom. The van der Waals surface area contributed by atoms with E-state index in [0.717, 1.165) is 33.8 Å². The molecule has 0 amide bonds. The number of rotatable bonds is 6. The Kier molecular flexibility index (Phi) is 5.37. The molecule has 0 bridgehead atoms. The number of nitrogens with zero attached hydrogens (tertiary/aromatic N) is 4. The molecule has 4 rings (SSSR count). The summed E-state index contributed by atoms with van der Waals surface area (Å²) in [6.45, 7) is 7.24. The molecule has 0 fully saturated rings. The molecule has 0 aliphatic rings. The Labute approximate surface area is 172 Å². The van der Waals surface area contributed by atoms with E-state index in [0.29, 0.717) is 6.54 Å². The molecule has 0 aliphatic carbocycles. The van der Waals surface area contributed by atoms with Crippen molar-refractivity contribution in [1.82, 2.24) is 19.7 Å². The third-order valence-corrected chi connectivity index (χ3v) is 6.09. The van der Waals surface area contributed by atoms with Crippen molar-refractivity contribution < 1.29 is 4.42 Å². The summed E-state index contributed by atoms with van der Waals surface area (Å²) in [5, 5.41) is 11.9. The van der Waals surface area contributed by atoms with Crippen LogP contribution in [0.25, 0.3) is 11.4 Å². The lowest BCUT2D eigenvalue weighted by Crippen LogP contribution is -2.10. The first-order valence-electron chi connectivity index (χ1n) is 9.07. The first-order valence-corrected chi connectivity index (χ1v) is 11.0. The number of hydrogen-bond donors (Lipinski definition) is 0. The van der Waals surface area contributed by atoms with Gasteiger partial charge in [-0.15, -0.1) is 21.5 Å². The predicted octanol–water partition coefficient (Wildman–Crippen LogP) is 5.63. The van der Waals surface area contributed by atoms with Crippen LogP contribution in [0.1, 0.15) is 37.8 Å². The van der Waals surface area contributed by atoms with Gasteiger partial charge in [-0.05, 0) is 23.1 Å². The van der Waals surface area contributed by atoms with Gasteiger partial charge in [0.25, 0.3) is 0 Å². The highest BCUT2D eigenvalue weighted by atomic mass is 32.2. The number of benzene rings is 1. The van der Waals surface area contributed by atoms with Crippen LogP contribution in [0.15, 0.2) is 63.1 Å². The molecule has 28 heavy (non-hydrogen) atoms. The van der Waals surface area contributed by atoms with E-state index < -0.39 is 0 Å². The maximum atomic E-state index is 5.57. The van der Waals surface area contributed by atoms with Gasteiger partial charge in [-0.2, -0.15) is 0 Å². The van der Waals surface area contributed by atoms with E-state index in [-0.39, 0.29) is 5.41 Å². The molecule has 0 saturated heterocycles. The second-order valence-electron chi connectivity index (χ2n) is 7.57. The predicted molar refractivity (Wildman–Crippen MR) is 114 cm³/mol. The normalized spacial score (nSPS) is 11.8. The molecule has 0 radical (unpaired) electrons. The summed E-state index contributed by atoms with van der Waals surface area (Å²) in [6, 6.07) is 12.5. The zero-order valence-electron chi connectivity index (χ0n) is 16.1. The maximum absolute atomic E-state index is 5.57. The molecule has 0 aliphatic heterocycles. The van der Waals surface area contributed by atoms with E-state index in [2.05, 4.69) is 70.2 Å². The van der Waals surface area contributed by atoms with Crippen molar-refractivity contribution in [3.63, 3.8) is 0 Å². The first kappa shape index (κ1) is 19.0. The van der Waals surface area contributed by atoms with Crippen molar-refractivity contribution in [3.05, 3.63) is 70.6 Å². The van der Waals surface area contributed by atoms with Crippen molar-refractivity contribution in [1.29, 1.82) is 0 Å². The Morgan fingerprint density at radius 1 is 1.11 bits per heavy atom. The van der Waals surface area contributed by atoms with Crippen molar-refractivity contribution in [2.75, 3.05) is 0 Å². The van der Waals surface area contributed by atoms with Gasteiger partial charge in [0, 0.05) is 16.7 Å². The van der Waals surface area contributed by atoms with E-state index in [1.807, 2.05) is 17.6 Å². The fraction of sp³-hybridized carbons (Fsp3) is 0.286. The summed E-state index contributed by atoms with van der Waals surface area (Å²) in [4.78, 5) is 4.36. The van der Waals surface area contributed by atoms with E-state index in [1.54, 1.807) is 29.4 Å². The highest BCUT2D eigenvalue weighted by molar-refractivity contribution is 7.98. The van der Waals surface area contributed by atoms with Crippen LogP contribution >= 0.6 is 23.1 Å². The Morgan fingerprint density at radius 2 is 1.93 bits per heavy atom. The highest BCUT2D eigenvalue weighted by Crippen LogP contribution is 2.29. The second-order valence-corrected chi connectivity index (χ2v) is 9.23.